The Morgan fingerprint density at radius 2 is 0.389 bits per heavy atom. The molecule has 0 fully saturated rings. The van der Waals surface area contributed by atoms with Crippen molar-refractivity contribution in [3.8, 4) is 172 Å². The number of hydrogen-bond acceptors (Lipinski definition) is 36. The largest absolute Gasteiger partial charge is 0.508 e. The second-order valence-electron chi connectivity index (χ2n) is 31.6. The number of phenols is 24. The lowest BCUT2D eigenvalue weighted by molar-refractivity contribution is -0.0110. The van der Waals surface area contributed by atoms with Crippen LogP contribution in [-0.4, -0.2) is 190 Å². The normalized spacial score (nSPS) is 24.3. The van der Waals surface area contributed by atoms with Crippen LogP contribution in [0, 0.1) is 0 Å². The van der Waals surface area contributed by atoms with Gasteiger partial charge in [-0.15, -0.1) is 0 Å². The molecule has 0 bridgehead atoms. The molecule has 6 aliphatic rings. The number of benzene rings is 12. The van der Waals surface area contributed by atoms with E-state index in [4.69, 9.17) is 28.4 Å². The van der Waals surface area contributed by atoms with Crippen LogP contribution in [0.15, 0.2) is 152 Å². The molecule has 126 heavy (non-hydrogen) atoms. The molecule has 6 heterocycles. The Hall–Kier alpha value is -15.6. The van der Waals surface area contributed by atoms with Crippen molar-refractivity contribution in [3.63, 3.8) is 0 Å². The molecule has 36 nitrogen and oxygen atoms in total. The maximum absolute atomic E-state index is 13.7. The number of aliphatic hydroxyl groups is 6. The molecule has 30 N–H and O–H groups in total. The lowest BCUT2D eigenvalue weighted by Gasteiger charge is -2.45. The van der Waals surface area contributed by atoms with E-state index in [-0.39, 0.29) is 38.9 Å². The summed E-state index contributed by atoms with van der Waals surface area (Å²) in [6.45, 7) is 0. The van der Waals surface area contributed by atoms with Crippen molar-refractivity contribution in [2.45, 2.75) is 109 Å². The van der Waals surface area contributed by atoms with Crippen LogP contribution in [-0.2, 0) is 6.42 Å². The van der Waals surface area contributed by atoms with Gasteiger partial charge in [-0.3, -0.25) is 0 Å². The first kappa shape index (κ1) is 81.4. The molecule has 0 radical (unpaired) electrons. The summed E-state index contributed by atoms with van der Waals surface area (Å²) in [5.74, 6) is -35.9. The van der Waals surface area contributed by atoms with Crippen molar-refractivity contribution in [3.05, 3.63) is 246 Å². The highest BCUT2D eigenvalue weighted by atomic mass is 16.5. The number of phenolic OH excluding ortho intramolecular Hbond substituents is 24. The summed E-state index contributed by atoms with van der Waals surface area (Å²) in [6.07, 6.45) is -25.3. The van der Waals surface area contributed by atoms with Gasteiger partial charge in [0.1, 0.15) is 140 Å². The van der Waals surface area contributed by atoms with Crippen LogP contribution < -0.4 is 28.4 Å². The second-order valence-corrected chi connectivity index (χ2v) is 31.6. The first-order chi connectivity index (χ1) is 59.9. The Morgan fingerprint density at radius 3 is 0.643 bits per heavy atom. The summed E-state index contributed by atoms with van der Waals surface area (Å²) in [6, 6.07) is 23.6. The molecule has 0 aliphatic carbocycles. The van der Waals surface area contributed by atoms with E-state index < -0.39 is 337 Å². The average molecular weight is 1730 g/mol. The van der Waals surface area contributed by atoms with Gasteiger partial charge in [0.05, 0.1) is 35.7 Å². The van der Waals surface area contributed by atoms with Gasteiger partial charge in [0, 0.05) is 110 Å². The Bertz CT molecular complexity index is 6550. The molecule has 0 amide bonds. The third kappa shape index (κ3) is 12.6. The van der Waals surface area contributed by atoms with E-state index in [0.29, 0.717) is 24.3 Å². The molecule has 0 saturated heterocycles. The van der Waals surface area contributed by atoms with Crippen molar-refractivity contribution in [2.24, 2.45) is 0 Å². The Labute approximate surface area is 706 Å². The number of hydrogen-bond donors (Lipinski definition) is 30. The van der Waals surface area contributed by atoms with Gasteiger partial charge in [0.15, 0.2) is 99.5 Å². The fraction of sp³-hybridized carbons (Fsp3) is 0.200. The lowest BCUT2D eigenvalue weighted by Crippen LogP contribution is -2.40. The predicted molar refractivity (Wildman–Crippen MR) is 426 cm³/mol. The molecule has 0 spiro atoms. The van der Waals surface area contributed by atoms with Gasteiger partial charge in [0.25, 0.3) is 0 Å². The van der Waals surface area contributed by atoms with Gasteiger partial charge in [-0.25, -0.2) is 0 Å². The summed E-state index contributed by atoms with van der Waals surface area (Å²) in [5.41, 5.74) is -8.39. The van der Waals surface area contributed by atoms with Crippen LogP contribution in [0.5, 0.6) is 172 Å². The monoisotopic (exact) mass is 1730 g/mol. The van der Waals surface area contributed by atoms with Crippen LogP contribution in [0.2, 0.25) is 0 Å². The molecule has 12 aromatic rings. The average Bonchev–Trinajstić information content (AvgIpc) is 0.704. The molecule has 0 saturated carbocycles. The maximum atomic E-state index is 13.7. The van der Waals surface area contributed by atoms with Crippen LogP contribution in [0.1, 0.15) is 161 Å². The molecule has 36 heteroatoms. The van der Waals surface area contributed by atoms with E-state index in [1.807, 2.05) is 0 Å². The van der Waals surface area contributed by atoms with E-state index in [9.17, 15) is 153 Å². The molecular formula is C90H74O36. The third-order valence-corrected chi connectivity index (χ3v) is 24.3. The van der Waals surface area contributed by atoms with Crippen LogP contribution in [0.3, 0.4) is 0 Å². The number of ether oxygens (including phenoxy) is 6. The highest BCUT2D eigenvalue weighted by Gasteiger charge is 2.57. The minimum Gasteiger partial charge on any atom is -0.508 e. The van der Waals surface area contributed by atoms with Crippen LogP contribution in [0.4, 0.5) is 0 Å². The van der Waals surface area contributed by atoms with Crippen molar-refractivity contribution in [1.29, 1.82) is 0 Å². The van der Waals surface area contributed by atoms with Gasteiger partial charge in [-0.1, -0.05) is 36.4 Å². The van der Waals surface area contributed by atoms with Gasteiger partial charge < -0.3 is 182 Å². The van der Waals surface area contributed by atoms with E-state index in [0.717, 1.165) is 115 Å². The number of fused-ring (bicyclic) bond motifs is 6. The molecule has 12 aromatic carbocycles. The maximum Gasteiger partial charge on any atom is 0.157 e. The first-order valence-electron chi connectivity index (χ1n) is 38.6. The molecule has 6 aliphatic heterocycles. The van der Waals surface area contributed by atoms with Gasteiger partial charge in [0.2, 0.25) is 0 Å². The van der Waals surface area contributed by atoms with E-state index in [1.54, 1.807) is 0 Å². The summed E-state index contributed by atoms with van der Waals surface area (Å²) >= 11 is 0. The van der Waals surface area contributed by atoms with Crippen molar-refractivity contribution < 1.29 is 182 Å². The molecule has 17 atom stereocenters. The minimum absolute atomic E-state index is 0.00514. The van der Waals surface area contributed by atoms with Gasteiger partial charge in [-0.2, -0.15) is 0 Å². The van der Waals surface area contributed by atoms with Crippen molar-refractivity contribution >= 4 is 0 Å². The summed E-state index contributed by atoms with van der Waals surface area (Å²) in [4.78, 5) is 0. The highest BCUT2D eigenvalue weighted by Crippen LogP contribution is 2.69. The zero-order valence-corrected chi connectivity index (χ0v) is 64.3. The fourth-order valence-electron chi connectivity index (χ4n) is 18.6. The summed E-state index contributed by atoms with van der Waals surface area (Å²) in [5, 5.41) is 360. The molecular weight excluding hydrogens is 1660 g/mol. The van der Waals surface area contributed by atoms with E-state index in [2.05, 4.69) is 0 Å². The topological polar surface area (TPSA) is 662 Å². The van der Waals surface area contributed by atoms with Crippen molar-refractivity contribution in [2.75, 3.05) is 0 Å². The number of rotatable bonds is 11. The summed E-state index contributed by atoms with van der Waals surface area (Å²) in [7, 11) is 0. The molecule has 650 valence electrons. The van der Waals surface area contributed by atoms with Crippen molar-refractivity contribution in [1.82, 2.24) is 0 Å². The van der Waals surface area contributed by atoms with Crippen LogP contribution in [0.25, 0.3) is 0 Å². The first-order valence-corrected chi connectivity index (χ1v) is 38.6. The molecule has 18 rings (SSSR count). The quantitative estimate of drug-likeness (QED) is 0.0538. The van der Waals surface area contributed by atoms with E-state index in [1.165, 1.54) is 12.1 Å². The van der Waals surface area contributed by atoms with Gasteiger partial charge >= 0.3 is 0 Å². The Morgan fingerprint density at radius 1 is 0.183 bits per heavy atom. The van der Waals surface area contributed by atoms with Crippen LogP contribution >= 0.6 is 0 Å². The highest BCUT2D eigenvalue weighted by molar-refractivity contribution is 5.77. The minimum atomic E-state index is -2.44. The zero-order valence-electron chi connectivity index (χ0n) is 64.3. The molecule has 0 aromatic heterocycles. The Balaban J connectivity index is 0.896. The SMILES string of the molecule is Oc1cc(O)c2c(c1)O[C@H](c1ccc(O)c(O)c1)[C@@H](O)C2c1c(O)cc(O)c2c1O[C@H](c1ccc(O)c(O)c1)[C@@H](O)C2c1c(O)cc(O)c2c1O[C@H](c1ccc(O)c(O)c1)[C@@H](O)C2c1c(O)cc(O)c2c1O[C@H](c1ccc(O)c(O)c1)[C@@H](O)C2c1c(O)cc(O)c2c1O[C@H](c1ccc(O)c(O)c1)[C@@H](O)C2c1c(O)cc(O)c2c1O[C@H](c1ccc(O)c(O)c1)[C@@H](O)C2. The standard InChI is InChI=1S/C90H74O36/c91-33-19-48(105)60-59(20-33)121-81(28-2-8-36(93)43(100)14-28)75(116)70(60)62-50(107)23-52(109)64-72(77(118)83(123-87(62)64)30-4-10-38(95)45(102)16-30)66-54(111)25-56(113)68-74(79(120)85(125-89(66)68)32-6-12-40(97)47(104)18-32)69-57(114)26-55(112)67-73(78(119)84(126-90(67)69)31-5-11-39(96)46(103)17-31)65-53(110)24-51(108)63-71(76(117)82(124-88(63)65)29-3-9-37(94)44(101)15-29)61-49(106)22-41(98)34-21-58(115)80(122-86(34)61)27-1-7-35(92)42(99)13-27/h1-20,22-26,58,70-85,91-120H,21H2/t58-,70?,71?,72?,73?,74?,75-,76-,77-,78-,79-,80+,81+,82+,83+,84+,85+/m0/s1. The summed E-state index contributed by atoms with van der Waals surface area (Å²) < 4.78 is 39.9. The Kier molecular flexibility index (Phi) is 19.1. The second kappa shape index (κ2) is 29.6. The zero-order chi connectivity index (χ0) is 89.6. The smallest absolute Gasteiger partial charge is 0.157 e. The van der Waals surface area contributed by atoms with E-state index >= 15 is 0 Å². The van der Waals surface area contributed by atoms with Gasteiger partial charge in [-0.05, 0) is 106 Å². The third-order valence-electron chi connectivity index (χ3n) is 24.3. The number of aliphatic hydroxyl groups excluding tert-OH is 6. The lowest BCUT2D eigenvalue weighted by atomic mass is 9.70. The fourth-order valence-corrected chi connectivity index (χ4v) is 18.6. The molecule has 5 unspecified atom stereocenters. The predicted octanol–water partition coefficient (Wildman–Crippen LogP) is 8.79. The number of aromatic hydroxyl groups is 24.